The van der Waals surface area contributed by atoms with Crippen molar-refractivity contribution >= 4 is 0 Å². The van der Waals surface area contributed by atoms with Crippen LogP contribution in [-0.4, -0.2) is 58.6 Å². The zero-order valence-electron chi connectivity index (χ0n) is 21.3. The Morgan fingerprint density at radius 1 is 0.533 bits per heavy atom. The Morgan fingerprint density at radius 2 is 0.667 bits per heavy atom. The van der Waals surface area contributed by atoms with Gasteiger partial charge >= 0.3 is 0 Å². The van der Waals surface area contributed by atoms with Gasteiger partial charge in [-0.05, 0) is 53.9 Å². The maximum absolute atomic E-state index is 8.06. The third-order valence-electron chi connectivity index (χ3n) is 3.41. The summed E-state index contributed by atoms with van der Waals surface area (Å²) in [5.74, 6) is 0. The van der Waals surface area contributed by atoms with Crippen molar-refractivity contribution in [2.75, 3.05) is 26.9 Å². The molecule has 0 aromatic carbocycles. The van der Waals surface area contributed by atoms with Crippen LogP contribution in [-0.2, 0) is 0 Å². The fourth-order valence-corrected chi connectivity index (χ4v) is 2.36. The number of rotatable bonds is 0. The van der Waals surface area contributed by atoms with Gasteiger partial charge in [0.15, 0.2) is 0 Å². The molecule has 0 spiro atoms. The Bertz CT molecular complexity index is 187. The van der Waals surface area contributed by atoms with E-state index in [-0.39, 0.29) is 25.9 Å². The normalized spacial score (nSPS) is 14.7. The van der Waals surface area contributed by atoms with Crippen molar-refractivity contribution in [3.05, 3.63) is 12.2 Å². The van der Waals surface area contributed by atoms with E-state index in [2.05, 4.69) is 12.2 Å². The summed E-state index contributed by atoms with van der Waals surface area (Å²) in [6.07, 6.45) is 23.3. The third-order valence-corrected chi connectivity index (χ3v) is 3.41. The maximum atomic E-state index is 8.06. The number of hydrogen-bond donors (Lipinski definition) is 5. The SMILES string of the molecule is C1=CCCC1.C1CCCC1.C1CCCC1.CC(C)O.CCO.CCO.CCO.CO. The number of aliphatic hydroxyl groups is 5. The van der Waals surface area contributed by atoms with Gasteiger partial charge in [0.25, 0.3) is 0 Å². The molecule has 3 aliphatic carbocycles. The van der Waals surface area contributed by atoms with Crippen LogP contribution in [0.25, 0.3) is 0 Å². The molecule has 5 nitrogen and oxygen atoms in total. The van der Waals surface area contributed by atoms with Crippen LogP contribution in [0.3, 0.4) is 0 Å². The van der Waals surface area contributed by atoms with Gasteiger partial charge < -0.3 is 25.5 Å². The highest BCUT2D eigenvalue weighted by Crippen LogP contribution is 2.15. The van der Waals surface area contributed by atoms with Crippen molar-refractivity contribution in [2.45, 2.75) is 124 Å². The zero-order valence-corrected chi connectivity index (χ0v) is 21.3. The summed E-state index contributed by atoms with van der Waals surface area (Å²) in [7, 11) is 1.00. The van der Waals surface area contributed by atoms with E-state index >= 15 is 0 Å². The van der Waals surface area contributed by atoms with Gasteiger partial charge in [0, 0.05) is 33.0 Å². The van der Waals surface area contributed by atoms with E-state index < -0.39 is 0 Å². The van der Waals surface area contributed by atoms with Crippen molar-refractivity contribution in [2.24, 2.45) is 0 Å². The molecule has 0 aromatic heterocycles. The van der Waals surface area contributed by atoms with E-state index in [4.69, 9.17) is 25.5 Å². The van der Waals surface area contributed by atoms with Crippen molar-refractivity contribution in [3.8, 4) is 0 Å². The molecular weight excluding hydrogens is 380 g/mol. The maximum Gasteiger partial charge on any atom is 0.0483 e. The molecule has 0 unspecified atom stereocenters. The topological polar surface area (TPSA) is 101 Å². The molecule has 3 rings (SSSR count). The summed E-state index contributed by atoms with van der Waals surface area (Å²) >= 11 is 0. The Balaban J connectivity index is -0.0000000811. The Morgan fingerprint density at radius 3 is 0.733 bits per heavy atom. The van der Waals surface area contributed by atoms with Gasteiger partial charge in [-0.1, -0.05) is 76.4 Å². The van der Waals surface area contributed by atoms with Crippen LogP contribution in [0, 0.1) is 0 Å². The lowest BCUT2D eigenvalue weighted by Crippen LogP contribution is -1.85. The van der Waals surface area contributed by atoms with Gasteiger partial charge in [-0.3, -0.25) is 0 Å². The molecule has 0 saturated heterocycles. The van der Waals surface area contributed by atoms with E-state index in [0.717, 1.165) is 7.11 Å². The van der Waals surface area contributed by atoms with Crippen LogP contribution in [0.4, 0.5) is 0 Å². The second-order valence-electron chi connectivity index (χ2n) is 6.98. The molecule has 0 aliphatic heterocycles. The lowest BCUT2D eigenvalue weighted by molar-refractivity contribution is 0.216. The third kappa shape index (κ3) is 91.8. The van der Waals surface area contributed by atoms with Crippen LogP contribution in [0.15, 0.2) is 12.2 Å². The first-order valence-electron chi connectivity index (χ1n) is 12.1. The van der Waals surface area contributed by atoms with Gasteiger partial charge in [0.05, 0.1) is 0 Å². The minimum atomic E-state index is -0.167. The first kappa shape index (κ1) is 40.0. The summed E-state index contributed by atoms with van der Waals surface area (Å²) in [4.78, 5) is 0. The Kier molecular flexibility index (Phi) is 68.3. The summed E-state index contributed by atoms with van der Waals surface area (Å²) in [5, 5.41) is 37.8. The van der Waals surface area contributed by atoms with E-state index in [0.29, 0.717) is 0 Å². The van der Waals surface area contributed by atoms with E-state index in [1.54, 1.807) is 34.6 Å². The van der Waals surface area contributed by atoms with E-state index in [9.17, 15) is 0 Å². The Labute approximate surface area is 189 Å². The predicted molar refractivity (Wildman–Crippen MR) is 133 cm³/mol. The quantitative estimate of drug-likeness (QED) is 0.316. The molecular formula is C25H58O5. The number of hydrogen-bond acceptors (Lipinski definition) is 5. The molecule has 2 fully saturated rings. The smallest absolute Gasteiger partial charge is 0.0483 e. The van der Waals surface area contributed by atoms with Gasteiger partial charge in [-0.15, -0.1) is 0 Å². The first-order valence-corrected chi connectivity index (χ1v) is 12.1. The fourth-order valence-electron chi connectivity index (χ4n) is 2.36. The molecule has 5 N–H and O–H groups in total. The lowest BCUT2D eigenvalue weighted by atomic mass is 10.4. The van der Waals surface area contributed by atoms with Gasteiger partial charge in [-0.25, -0.2) is 0 Å². The van der Waals surface area contributed by atoms with Gasteiger partial charge in [0.1, 0.15) is 0 Å². The molecule has 5 heteroatoms. The summed E-state index contributed by atoms with van der Waals surface area (Å²) < 4.78 is 0. The second-order valence-corrected chi connectivity index (χ2v) is 6.98. The van der Waals surface area contributed by atoms with E-state index in [1.807, 2.05) is 0 Å². The van der Waals surface area contributed by atoms with Crippen LogP contribution >= 0.6 is 0 Å². The number of allylic oxidation sites excluding steroid dienone is 2. The average molecular weight is 439 g/mol. The van der Waals surface area contributed by atoms with Crippen molar-refractivity contribution in [1.29, 1.82) is 0 Å². The molecule has 30 heavy (non-hydrogen) atoms. The van der Waals surface area contributed by atoms with Crippen LogP contribution in [0.1, 0.15) is 118 Å². The molecule has 0 amide bonds. The Hall–Kier alpha value is -0.460. The minimum absolute atomic E-state index is 0.167. The van der Waals surface area contributed by atoms with Crippen molar-refractivity contribution < 1.29 is 25.5 Å². The summed E-state index contributed by atoms with van der Waals surface area (Å²) in [6.45, 7) is 9.24. The van der Waals surface area contributed by atoms with Crippen LogP contribution in [0.2, 0.25) is 0 Å². The minimum Gasteiger partial charge on any atom is -0.400 e. The molecule has 0 atom stereocenters. The monoisotopic (exact) mass is 438 g/mol. The molecule has 3 aliphatic rings. The lowest BCUT2D eigenvalue weighted by Gasteiger charge is -1.80. The average Bonchev–Trinajstić information content (AvgIpc) is 3.54. The summed E-state index contributed by atoms with van der Waals surface area (Å²) in [6, 6.07) is 0. The van der Waals surface area contributed by atoms with Gasteiger partial charge in [0.2, 0.25) is 0 Å². The molecule has 0 heterocycles. The first-order chi connectivity index (χ1) is 14.5. The van der Waals surface area contributed by atoms with Crippen LogP contribution < -0.4 is 0 Å². The highest BCUT2D eigenvalue weighted by molar-refractivity contribution is 4.88. The van der Waals surface area contributed by atoms with E-state index in [1.165, 1.54) is 83.5 Å². The molecule has 2 saturated carbocycles. The van der Waals surface area contributed by atoms with Crippen molar-refractivity contribution in [1.82, 2.24) is 0 Å². The largest absolute Gasteiger partial charge is 0.400 e. The highest BCUT2D eigenvalue weighted by Gasteiger charge is 1.95. The second kappa shape index (κ2) is 51.3. The molecule has 0 bridgehead atoms. The molecule has 0 aromatic rings. The fraction of sp³-hybridized carbons (Fsp3) is 0.920. The number of aliphatic hydroxyl groups excluding tert-OH is 5. The molecule has 188 valence electrons. The standard InChI is InChI=1S/2C5H10.C5H8.C3H8O.3C2H6O.CH4O/c3*1-2-4-5-3-1;1-3(2)4;3*1-2-3;1-2/h2*1-5H2;1-2H,3-5H2;3-4H,1-2H3;3*3H,2H2,1H3;2H,1H3. The zero-order chi connectivity index (χ0) is 24.3. The van der Waals surface area contributed by atoms with Gasteiger partial charge in [-0.2, -0.15) is 0 Å². The summed E-state index contributed by atoms with van der Waals surface area (Å²) in [5.41, 5.74) is 0. The van der Waals surface area contributed by atoms with Crippen molar-refractivity contribution in [3.63, 3.8) is 0 Å². The predicted octanol–water partition coefficient (Wildman–Crippen LogP) is 5.62. The molecule has 0 radical (unpaired) electrons. The highest BCUT2D eigenvalue weighted by atomic mass is 16.3. The van der Waals surface area contributed by atoms with Crippen LogP contribution in [0.5, 0.6) is 0 Å².